The minimum Gasteiger partial charge on any atom is -0.493 e. The molecule has 41 heavy (non-hydrogen) atoms. The van der Waals surface area contributed by atoms with Gasteiger partial charge in [-0.05, 0) is 56.2 Å². The summed E-state index contributed by atoms with van der Waals surface area (Å²) in [5, 5.41) is 11.5. The van der Waals surface area contributed by atoms with Crippen LogP contribution >= 0.6 is 0 Å². The van der Waals surface area contributed by atoms with Gasteiger partial charge in [-0.3, -0.25) is 9.59 Å². The van der Waals surface area contributed by atoms with Crippen LogP contribution in [0.1, 0.15) is 56.0 Å². The van der Waals surface area contributed by atoms with Gasteiger partial charge >= 0.3 is 5.97 Å². The summed E-state index contributed by atoms with van der Waals surface area (Å²) in [6.07, 6.45) is 3.32. The highest BCUT2D eigenvalue weighted by Crippen LogP contribution is 2.41. The quantitative estimate of drug-likeness (QED) is 0.269. The van der Waals surface area contributed by atoms with Crippen molar-refractivity contribution in [3.05, 3.63) is 76.0 Å². The second-order valence-electron chi connectivity index (χ2n) is 10.3. The maximum Gasteiger partial charge on any atom is 0.341 e. The largest absolute Gasteiger partial charge is 0.493 e. The molecule has 1 saturated heterocycles. The molecule has 1 aliphatic heterocycles. The van der Waals surface area contributed by atoms with Crippen LogP contribution in [0.15, 0.2) is 53.5 Å². The number of amides is 1. The van der Waals surface area contributed by atoms with Gasteiger partial charge in [0.15, 0.2) is 0 Å². The molecule has 9 nitrogen and oxygen atoms in total. The van der Waals surface area contributed by atoms with Crippen molar-refractivity contribution in [2.45, 2.75) is 46.6 Å². The molecule has 0 radical (unpaired) electrons. The summed E-state index contributed by atoms with van der Waals surface area (Å²) < 4.78 is 25.5. The number of anilines is 1. The van der Waals surface area contributed by atoms with Crippen LogP contribution in [0, 0.1) is 11.2 Å². The number of rotatable bonds is 13. The van der Waals surface area contributed by atoms with Crippen LogP contribution in [0.4, 0.5) is 10.1 Å². The Hall–Kier alpha value is -4.18. The van der Waals surface area contributed by atoms with E-state index in [1.54, 1.807) is 17.0 Å². The van der Waals surface area contributed by atoms with Gasteiger partial charge in [-0.2, -0.15) is 0 Å². The van der Waals surface area contributed by atoms with E-state index >= 15 is 0 Å². The third kappa shape index (κ3) is 6.77. The van der Waals surface area contributed by atoms with Crippen LogP contribution in [-0.4, -0.2) is 48.3 Å². The summed E-state index contributed by atoms with van der Waals surface area (Å²) in [6.45, 7) is 8.73. The van der Waals surface area contributed by atoms with E-state index in [2.05, 4.69) is 17.2 Å². The Morgan fingerprint density at radius 1 is 1.07 bits per heavy atom. The van der Waals surface area contributed by atoms with Gasteiger partial charge in [-0.1, -0.05) is 19.1 Å². The number of hydrogen-bond donors (Lipinski definition) is 3. The van der Waals surface area contributed by atoms with Crippen molar-refractivity contribution >= 4 is 17.6 Å². The first-order chi connectivity index (χ1) is 19.7. The van der Waals surface area contributed by atoms with Gasteiger partial charge < -0.3 is 29.8 Å². The van der Waals surface area contributed by atoms with E-state index in [-0.39, 0.29) is 22.7 Å². The van der Waals surface area contributed by atoms with Crippen LogP contribution in [0.25, 0.3) is 11.1 Å². The Kier molecular flexibility index (Phi) is 9.44. The summed E-state index contributed by atoms with van der Waals surface area (Å²) in [5.74, 6) is -0.373. The number of carbonyl (C=O) groups excluding carboxylic acids is 1. The molecular formula is C31H37FN3O6+. The van der Waals surface area contributed by atoms with Crippen molar-refractivity contribution < 1.29 is 33.9 Å². The molecule has 10 heteroatoms. The molecule has 0 spiro atoms. The molecule has 4 rings (SSSR count). The molecule has 1 atom stereocenters. The Morgan fingerprint density at radius 2 is 1.73 bits per heavy atom. The van der Waals surface area contributed by atoms with Crippen LogP contribution in [0.2, 0.25) is 0 Å². The molecule has 2 aromatic carbocycles. The number of nitrogens with one attached hydrogen (secondary N) is 1. The van der Waals surface area contributed by atoms with E-state index in [9.17, 15) is 23.9 Å². The molecule has 1 fully saturated rings. The minimum atomic E-state index is -1.33. The zero-order chi connectivity index (χ0) is 29.6. The summed E-state index contributed by atoms with van der Waals surface area (Å²) in [7, 11) is 0. The summed E-state index contributed by atoms with van der Waals surface area (Å²) in [5.41, 5.74) is 1.67. The normalized spacial score (nSPS) is 16.7. The molecule has 0 bridgehead atoms. The fraction of sp³-hybridized carbons (Fsp3) is 0.387. The number of nitrogens with zero attached hydrogens (tertiary/aromatic N) is 1. The number of aromatic carboxylic acids is 1. The van der Waals surface area contributed by atoms with Gasteiger partial charge in [0.2, 0.25) is 5.91 Å². The molecular weight excluding hydrogens is 529 g/mol. The van der Waals surface area contributed by atoms with Gasteiger partial charge in [0.1, 0.15) is 29.4 Å². The number of ether oxygens (including phenoxy) is 2. The Bertz CT molecular complexity index is 1430. The number of hydrogen-bond acceptors (Lipinski definition) is 5. The average molecular weight is 567 g/mol. The Morgan fingerprint density at radius 3 is 2.32 bits per heavy atom. The number of pyridine rings is 1. The van der Waals surface area contributed by atoms with Gasteiger partial charge in [0.25, 0.3) is 5.56 Å². The lowest BCUT2D eigenvalue weighted by Crippen LogP contribution is -2.83. The lowest BCUT2D eigenvalue weighted by Gasteiger charge is -2.26. The zero-order valence-corrected chi connectivity index (χ0v) is 23.7. The van der Waals surface area contributed by atoms with E-state index in [1.165, 1.54) is 24.4 Å². The monoisotopic (exact) mass is 566 g/mol. The molecule has 1 unspecified atom stereocenters. The van der Waals surface area contributed by atoms with Crippen molar-refractivity contribution in [2.75, 3.05) is 31.2 Å². The number of carboxylic acid groups (broad SMARTS) is 1. The summed E-state index contributed by atoms with van der Waals surface area (Å²) in [6, 6.07) is 11.5. The van der Waals surface area contributed by atoms with Crippen LogP contribution in [-0.2, 0) is 11.3 Å². The van der Waals surface area contributed by atoms with E-state index in [4.69, 9.17) is 9.47 Å². The van der Waals surface area contributed by atoms with Crippen molar-refractivity contribution in [2.24, 2.45) is 5.41 Å². The molecule has 1 amide bonds. The topological polar surface area (TPSA) is 126 Å². The number of carbonyl (C=O) groups is 2. The second kappa shape index (κ2) is 13.0. The highest BCUT2D eigenvalue weighted by molar-refractivity contribution is 5.97. The van der Waals surface area contributed by atoms with Gasteiger partial charge in [-0.15, -0.1) is 0 Å². The first-order valence-corrected chi connectivity index (χ1v) is 14.0. The molecule has 3 aromatic rings. The summed E-state index contributed by atoms with van der Waals surface area (Å²) in [4.78, 5) is 40.2. The molecule has 1 aliphatic rings. The molecule has 218 valence electrons. The Labute approximate surface area is 238 Å². The number of H-pyrrole nitrogens is 1. The number of aromatic amines is 1. The van der Waals surface area contributed by atoms with Crippen molar-refractivity contribution in [3.63, 3.8) is 0 Å². The van der Waals surface area contributed by atoms with Crippen LogP contribution in [0.3, 0.4) is 0 Å². The number of aromatic nitrogens is 1. The van der Waals surface area contributed by atoms with Crippen molar-refractivity contribution in [3.8, 4) is 22.6 Å². The number of halogens is 1. The molecule has 2 heterocycles. The van der Waals surface area contributed by atoms with Crippen molar-refractivity contribution in [1.29, 1.82) is 0 Å². The molecule has 4 N–H and O–H groups in total. The van der Waals surface area contributed by atoms with Crippen molar-refractivity contribution in [1.82, 2.24) is 4.98 Å². The van der Waals surface area contributed by atoms with E-state index in [0.29, 0.717) is 49.9 Å². The van der Waals surface area contributed by atoms with Crippen LogP contribution < -0.4 is 25.2 Å². The van der Waals surface area contributed by atoms with Gasteiger partial charge in [-0.25, -0.2) is 9.18 Å². The minimum absolute atomic E-state index is 0.0886. The lowest BCUT2D eigenvalue weighted by atomic mass is 9.81. The fourth-order valence-corrected chi connectivity index (χ4v) is 5.38. The maximum absolute atomic E-state index is 13.6. The van der Waals surface area contributed by atoms with Gasteiger partial charge in [0.05, 0.1) is 31.0 Å². The fourth-order valence-electron chi connectivity index (χ4n) is 5.38. The number of benzene rings is 2. The zero-order valence-electron chi connectivity index (χ0n) is 23.7. The van der Waals surface area contributed by atoms with E-state index < -0.39 is 11.5 Å². The average Bonchev–Trinajstić information content (AvgIpc) is 3.29. The lowest BCUT2D eigenvalue weighted by molar-refractivity contribution is -0.672. The smallest absolute Gasteiger partial charge is 0.341 e. The number of nitrogens with two attached hydrogens (primary N) is 1. The first kappa shape index (κ1) is 29.8. The highest BCUT2D eigenvalue weighted by Gasteiger charge is 2.42. The number of quaternary nitrogens is 1. The predicted octanol–water partition coefficient (Wildman–Crippen LogP) is 3.96. The molecule has 0 aliphatic carbocycles. The predicted molar refractivity (Wildman–Crippen MR) is 153 cm³/mol. The SMILES string of the molecule is CCOc1cc(C[NH2+]CCC2(CC)CC(=O)N(c3c[nH]c(=O)c(C(=O)O)c3)C2)cc(OCC)c1-c1ccc(F)cc1. The van der Waals surface area contributed by atoms with E-state index in [1.807, 2.05) is 26.0 Å². The second-order valence-corrected chi connectivity index (χ2v) is 10.3. The maximum atomic E-state index is 13.6. The molecule has 0 saturated carbocycles. The number of carboxylic acids is 1. The summed E-state index contributed by atoms with van der Waals surface area (Å²) >= 11 is 0. The van der Waals surface area contributed by atoms with Crippen LogP contribution in [0.5, 0.6) is 11.5 Å². The molecule has 1 aromatic heterocycles. The standard InChI is InChI=1S/C31H36FN3O6/c1-4-31(16-27(36)35(19-31)23-15-24(30(38)39)29(37)34-18-23)11-12-33-17-20-13-25(40-5-2)28(26(14-20)41-6-3)21-7-9-22(32)10-8-21/h7-10,13-15,18,33H,4-6,11-12,16-17,19H2,1-3H3,(H,34,37)(H,38,39)/p+1. The highest BCUT2D eigenvalue weighted by atomic mass is 19.1. The first-order valence-electron chi connectivity index (χ1n) is 14.0. The third-order valence-electron chi connectivity index (χ3n) is 7.62. The third-order valence-corrected chi connectivity index (χ3v) is 7.62. The Balaban J connectivity index is 1.46. The van der Waals surface area contributed by atoms with E-state index in [0.717, 1.165) is 36.1 Å². The van der Waals surface area contributed by atoms with Gasteiger partial charge in [0, 0.05) is 36.6 Å².